The summed E-state index contributed by atoms with van der Waals surface area (Å²) >= 11 is 0. The van der Waals surface area contributed by atoms with E-state index in [9.17, 15) is 4.79 Å². The predicted octanol–water partition coefficient (Wildman–Crippen LogP) is 4.92. The summed E-state index contributed by atoms with van der Waals surface area (Å²) in [5.41, 5.74) is 5.28. The largest absolute Gasteiger partial charge is 0.490 e. The van der Waals surface area contributed by atoms with Gasteiger partial charge in [0.05, 0.1) is 11.6 Å². The predicted molar refractivity (Wildman–Crippen MR) is 112 cm³/mol. The summed E-state index contributed by atoms with van der Waals surface area (Å²) < 4.78 is 10.4. The van der Waals surface area contributed by atoms with E-state index in [0.29, 0.717) is 12.2 Å². The minimum atomic E-state index is -0.450. The molecular weight excluding hydrogens is 362 g/mol. The molecule has 3 aromatic rings. The number of nitrogens with zero attached hydrogens (tertiary/aromatic N) is 1. The highest BCUT2D eigenvalue weighted by atomic mass is 16.6. The fraction of sp³-hybridized carbons (Fsp3) is 0.120. The first-order valence-electron chi connectivity index (χ1n) is 9.28. The van der Waals surface area contributed by atoms with Crippen LogP contribution in [0.1, 0.15) is 16.7 Å². The third kappa shape index (κ3) is 5.82. The molecule has 0 bridgehead atoms. The Balaban J connectivity index is 1.54. The highest BCUT2D eigenvalue weighted by Crippen LogP contribution is 2.22. The number of carbonyl (C=O) groups excluding carboxylic acids is 1. The number of benzene rings is 3. The molecule has 4 nitrogen and oxygen atoms in total. The Bertz CT molecular complexity index is 998. The molecule has 0 saturated carbocycles. The van der Waals surface area contributed by atoms with Crippen molar-refractivity contribution >= 4 is 5.97 Å². The number of ether oxygens (including phenoxy) is 2. The fourth-order valence-electron chi connectivity index (χ4n) is 2.85. The van der Waals surface area contributed by atoms with Crippen LogP contribution in [0.5, 0.6) is 5.75 Å². The fourth-order valence-corrected chi connectivity index (χ4v) is 2.85. The van der Waals surface area contributed by atoms with Crippen LogP contribution in [0.3, 0.4) is 0 Å². The van der Waals surface area contributed by atoms with Crippen molar-refractivity contribution in [2.24, 2.45) is 0 Å². The molecule has 0 aliphatic rings. The number of hydrogen-bond donors (Lipinski definition) is 0. The molecule has 0 aliphatic carbocycles. The summed E-state index contributed by atoms with van der Waals surface area (Å²) in [6, 6.07) is 26.0. The summed E-state index contributed by atoms with van der Waals surface area (Å²) in [6.45, 7) is 3.84. The van der Waals surface area contributed by atoms with Gasteiger partial charge in [-0.3, -0.25) is 0 Å². The van der Waals surface area contributed by atoms with Gasteiger partial charge in [-0.15, -0.1) is 0 Å². The zero-order chi connectivity index (χ0) is 20.5. The Morgan fingerprint density at radius 1 is 0.862 bits per heavy atom. The molecule has 0 fully saturated rings. The Morgan fingerprint density at radius 2 is 1.41 bits per heavy atom. The van der Waals surface area contributed by atoms with Gasteiger partial charge in [-0.1, -0.05) is 55.1 Å². The minimum absolute atomic E-state index is 0.193. The van der Waals surface area contributed by atoms with E-state index >= 15 is 0 Å². The first kappa shape index (κ1) is 19.9. The summed E-state index contributed by atoms with van der Waals surface area (Å²) in [5.74, 6) is 0.286. The highest BCUT2D eigenvalue weighted by Gasteiger charge is 2.02. The maximum absolute atomic E-state index is 11.0. The van der Waals surface area contributed by atoms with E-state index in [1.165, 1.54) is 11.1 Å². The van der Waals surface area contributed by atoms with E-state index in [2.05, 4.69) is 36.9 Å². The minimum Gasteiger partial charge on any atom is -0.490 e. The third-order valence-electron chi connectivity index (χ3n) is 4.40. The molecule has 0 radical (unpaired) electrons. The van der Waals surface area contributed by atoms with Gasteiger partial charge < -0.3 is 9.47 Å². The average molecular weight is 383 g/mol. The van der Waals surface area contributed by atoms with Gasteiger partial charge in [0, 0.05) is 6.08 Å². The van der Waals surface area contributed by atoms with Crippen molar-refractivity contribution in [3.8, 4) is 22.9 Å². The van der Waals surface area contributed by atoms with E-state index in [4.69, 9.17) is 14.7 Å². The first-order valence-corrected chi connectivity index (χ1v) is 9.28. The monoisotopic (exact) mass is 383 g/mol. The molecule has 0 heterocycles. The molecule has 0 amide bonds. The molecular formula is C25H21NO3. The van der Waals surface area contributed by atoms with E-state index in [1.54, 1.807) is 0 Å². The Labute approximate surface area is 170 Å². The third-order valence-corrected chi connectivity index (χ3v) is 4.40. The second kappa shape index (κ2) is 9.91. The van der Waals surface area contributed by atoms with Gasteiger partial charge >= 0.3 is 5.97 Å². The summed E-state index contributed by atoms with van der Waals surface area (Å²) in [5, 5.41) is 8.90. The number of esters is 1. The van der Waals surface area contributed by atoms with Crippen LogP contribution < -0.4 is 4.74 Å². The second-order valence-corrected chi connectivity index (χ2v) is 6.43. The molecule has 3 aromatic carbocycles. The highest BCUT2D eigenvalue weighted by molar-refractivity contribution is 5.81. The van der Waals surface area contributed by atoms with E-state index in [-0.39, 0.29) is 6.61 Å². The lowest BCUT2D eigenvalue weighted by Crippen LogP contribution is -2.10. The van der Waals surface area contributed by atoms with Crippen LogP contribution in [0.4, 0.5) is 0 Å². The molecule has 0 saturated heterocycles. The van der Waals surface area contributed by atoms with Crippen LogP contribution in [-0.4, -0.2) is 19.2 Å². The Morgan fingerprint density at radius 3 is 1.97 bits per heavy atom. The van der Waals surface area contributed by atoms with Crippen LogP contribution in [0, 0.1) is 11.3 Å². The molecule has 144 valence electrons. The van der Waals surface area contributed by atoms with Gasteiger partial charge in [0.1, 0.15) is 19.0 Å². The lowest BCUT2D eigenvalue weighted by Gasteiger charge is -2.08. The number of nitriles is 1. The number of rotatable bonds is 8. The maximum atomic E-state index is 11.0. The molecule has 0 aromatic heterocycles. The van der Waals surface area contributed by atoms with Gasteiger partial charge in [-0.25, -0.2) is 4.79 Å². The second-order valence-electron chi connectivity index (χ2n) is 6.43. The van der Waals surface area contributed by atoms with Crippen molar-refractivity contribution in [3.05, 3.63) is 102 Å². The Kier molecular flexibility index (Phi) is 6.80. The van der Waals surface area contributed by atoms with Crippen LogP contribution in [0.25, 0.3) is 11.1 Å². The summed E-state index contributed by atoms with van der Waals surface area (Å²) in [4.78, 5) is 11.0. The number of hydrogen-bond acceptors (Lipinski definition) is 4. The van der Waals surface area contributed by atoms with Gasteiger partial charge in [-0.2, -0.15) is 5.26 Å². The number of carbonyl (C=O) groups is 1. The first-order chi connectivity index (χ1) is 14.2. The van der Waals surface area contributed by atoms with Crippen molar-refractivity contribution in [3.63, 3.8) is 0 Å². The van der Waals surface area contributed by atoms with E-state index in [0.717, 1.165) is 29.4 Å². The van der Waals surface area contributed by atoms with Gasteiger partial charge in [0.2, 0.25) is 0 Å². The maximum Gasteiger partial charge on any atom is 0.330 e. The van der Waals surface area contributed by atoms with Crippen LogP contribution >= 0.6 is 0 Å². The van der Waals surface area contributed by atoms with Crippen LogP contribution in [-0.2, 0) is 16.0 Å². The average Bonchev–Trinajstić information content (AvgIpc) is 2.78. The zero-order valence-electron chi connectivity index (χ0n) is 16.0. The lowest BCUT2D eigenvalue weighted by molar-refractivity contribution is -0.138. The van der Waals surface area contributed by atoms with Crippen molar-refractivity contribution < 1.29 is 14.3 Å². The molecule has 0 spiro atoms. The van der Waals surface area contributed by atoms with E-state index < -0.39 is 5.97 Å². The molecule has 0 N–H and O–H groups in total. The molecule has 0 atom stereocenters. The molecule has 29 heavy (non-hydrogen) atoms. The van der Waals surface area contributed by atoms with Crippen molar-refractivity contribution in [2.75, 3.05) is 13.2 Å². The van der Waals surface area contributed by atoms with Crippen molar-refractivity contribution in [2.45, 2.75) is 6.42 Å². The zero-order valence-corrected chi connectivity index (χ0v) is 16.0. The molecule has 0 aliphatic heterocycles. The SMILES string of the molecule is C=CC(=O)OCCOc1ccc(Cc2ccc(-c3ccc(C#N)cc3)cc2)cc1. The molecule has 0 unspecified atom stereocenters. The molecule has 3 rings (SSSR count). The molecule has 4 heteroatoms. The van der Waals surface area contributed by atoms with Crippen molar-refractivity contribution in [1.29, 1.82) is 5.26 Å². The smallest absolute Gasteiger partial charge is 0.330 e. The van der Waals surface area contributed by atoms with Crippen molar-refractivity contribution in [1.82, 2.24) is 0 Å². The van der Waals surface area contributed by atoms with Gasteiger partial charge in [0.25, 0.3) is 0 Å². The summed E-state index contributed by atoms with van der Waals surface area (Å²) in [6.07, 6.45) is 1.95. The standard InChI is InChI=1S/C25H21NO3/c1-2-25(27)29-16-15-28-24-13-7-20(8-14-24)17-19-3-9-22(10-4-19)23-11-5-21(18-26)6-12-23/h2-14H,1,15-17H2. The van der Waals surface area contributed by atoms with Crippen LogP contribution in [0.2, 0.25) is 0 Å². The lowest BCUT2D eigenvalue weighted by atomic mass is 10.00. The Hall–Kier alpha value is -3.84. The van der Waals surface area contributed by atoms with E-state index in [1.807, 2.05) is 48.5 Å². The summed E-state index contributed by atoms with van der Waals surface area (Å²) in [7, 11) is 0. The topological polar surface area (TPSA) is 59.3 Å². The van der Waals surface area contributed by atoms with Crippen LogP contribution in [0.15, 0.2) is 85.5 Å². The van der Waals surface area contributed by atoms with Gasteiger partial charge in [-0.05, 0) is 52.9 Å². The normalized spacial score (nSPS) is 10.0. The quantitative estimate of drug-likeness (QED) is 0.315. The van der Waals surface area contributed by atoms with Gasteiger partial charge in [0.15, 0.2) is 0 Å².